The molecule has 0 aromatic heterocycles. The molecule has 3 N–H and O–H groups in total. The van der Waals surface area contributed by atoms with Crippen LogP contribution in [-0.4, -0.2) is 34.6 Å². The van der Waals surface area contributed by atoms with Crippen LogP contribution in [0.1, 0.15) is 0 Å². The summed E-state index contributed by atoms with van der Waals surface area (Å²) in [7, 11) is 0. The van der Waals surface area contributed by atoms with Crippen molar-refractivity contribution in [3.05, 3.63) is 13.8 Å². The van der Waals surface area contributed by atoms with Crippen LogP contribution in [0.25, 0.3) is 0 Å². The molecule has 0 heterocycles. The number of hydrogen-bond donors (Lipinski definition) is 3. The summed E-state index contributed by atoms with van der Waals surface area (Å²) in [6.45, 7) is 5.29. The van der Waals surface area contributed by atoms with Crippen LogP contribution in [0.3, 0.4) is 0 Å². The lowest BCUT2D eigenvalue weighted by Crippen LogP contribution is -2.53. The fourth-order valence-corrected chi connectivity index (χ4v) is 0.543. The van der Waals surface area contributed by atoms with Crippen molar-refractivity contribution in [1.29, 1.82) is 0 Å². The van der Waals surface area contributed by atoms with Crippen LogP contribution < -0.4 is 10.9 Å². The van der Waals surface area contributed by atoms with E-state index in [0.717, 1.165) is 0 Å². The molecular weight excluding hydrogens is 178 g/mol. The molecule has 7 nitrogen and oxygen atoms in total. The van der Waals surface area contributed by atoms with Gasteiger partial charge in [0.1, 0.15) is 6.54 Å². The zero-order valence-electron chi connectivity index (χ0n) is 6.74. The molecule has 0 rings (SSSR count). The molecule has 0 aromatic carbocycles. The number of aliphatic carboxylic acids is 1. The smallest absolute Gasteiger partial charge is 0.321 e. The first-order valence-electron chi connectivity index (χ1n) is 3.16. The Bertz CT molecular complexity index is 190. The predicted molar refractivity (Wildman–Crippen MR) is 41.3 cm³/mol. The number of nitrogens with one attached hydrogen (secondary N) is 2. The van der Waals surface area contributed by atoms with Gasteiger partial charge >= 0.3 is 5.97 Å². The van der Waals surface area contributed by atoms with Gasteiger partial charge in [-0.25, -0.2) is 0 Å². The first-order valence-corrected chi connectivity index (χ1v) is 3.16. The molecule has 0 aliphatic carbocycles. The molecule has 0 aromatic rings. The van der Waals surface area contributed by atoms with Crippen LogP contribution in [0.2, 0.25) is 0 Å². The molecule has 0 spiro atoms. The Morgan fingerprint density at radius 3 is 1.77 bits per heavy atom. The number of amides is 2. The summed E-state index contributed by atoms with van der Waals surface area (Å²) in [4.78, 5) is 31.0. The summed E-state index contributed by atoms with van der Waals surface area (Å²) < 4.78 is 0. The number of carboxylic acid groups (broad SMARTS) is 1. The Kier molecular flexibility index (Phi) is 4.45. The summed E-state index contributed by atoms with van der Waals surface area (Å²) >= 11 is 0. The van der Waals surface area contributed by atoms with Gasteiger partial charge in [-0.15, -0.1) is 5.12 Å². The quantitative estimate of drug-likeness (QED) is 0.447. The highest BCUT2D eigenvalue weighted by Crippen LogP contribution is 1.77. The Morgan fingerprint density at radius 2 is 1.54 bits per heavy atom. The van der Waals surface area contributed by atoms with Gasteiger partial charge in [0, 0.05) is 13.8 Å². The van der Waals surface area contributed by atoms with Gasteiger partial charge in [-0.3, -0.25) is 25.2 Å². The first kappa shape index (κ1) is 11.4. The van der Waals surface area contributed by atoms with E-state index in [1.54, 1.807) is 0 Å². The summed E-state index contributed by atoms with van der Waals surface area (Å²) in [6, 6.07) is 0. The molecule has 0 saturated heterocycles. The number of carbonyl (C=O) groups excluding carboxylic acids is 2. The van der Waals surface area contributed by atoms with Crippen LogP contribution in [0.4, 0.5) is 0 Å². The minimum atomic E-state index is -1.22. The summed E-state index contributed by atoms with van der Waals surface area (Å²) in [5.41, 5.74) is 3.95. The van der Waals surface area contributed by atoms with Gasteiger partial charge in [0.05, 0.1) is 0 Å². The fraction of sp³-hybridized carbons (Fsp3) is 0.167. The maximum absolute atomic E-state index is 10.4. The molecule has 0 saturated carbocycles. The van der Waals surface area contributed by atoms with E-state index in [-0.39, 0.29) is 0 Å². The van der Waals surface area contributed by atoms with Crippen molar-refractivity contribution in [1.82, 2.24) is 16.0 Å². The van der Waals surface area contributed by atoms with Gasteiger partial charge in [0.25, 0.3) is 0 Å². The molecule has 13 heavy (non-hydrogen) atoms. The molecule has 2 amide bonds. The van der Waals surface area contributed by atoms with Crippen LogP contribution in [-0.2, 0) is 14.4 Å². The molecule has 7 heteroatoms. The van der Waals surface area contributed by atoms with Gasteiger partial charge in [-0.05, 0) is 0 Å². The monoisotopic (exact) mass is 187 g/mol. The number of rotatable bonds is 4. The van der Waals surface area contributed by atoms with Crippen molar-refractivity contribution in [2.45, 2.75) is 0 Å². The minimum absolute atomic E-state index is 0.581. The normalized spacial score (nSPS) is 9.46. The van der Waals surface area contributed by atoms with E-state index >= 15 is 0 Å². The lowest BCUT2D eigenvalue weighted by Gasteiger charge is -2.19. The van der Waals surface area contributed by atoms with Crippen molar-refractivity contribution in [3.8, 4) is 0 Å². The van der Waals surface area contributed by atoms with E-state index in [4.69, 9.17) is 5.11 Å². The van der Waals surface area contributed by atoms with Gasteiger partial charge in [0.15, 0.2) is 0 Å². The third kappa shape index (κ3) is 6.76. The van der Waals surface area contributed by atoms with Gasteiger partial charge in [-0.1, -0.05) is 0 Å². The number of carboxylic acids is 1. The lowest BCUT2D eigenvalue weighted by molar-refractivity contribution is -0.142. The molecule has 72 valence electrons. The summed E-state index contributed by atoms with van der Waals surface area (Å²) in [5, 5.41) is 9.00. The fourth-order valence-electron chi connectivity index (χ4n) is 0.543. The largest absolute Gasteiger partial charge is 0.480 e. The standard InChI is InChI=1S/C6H9N3O4/c1-4(10)7-9(3-6(12)13)8-5(2)11/h1-3H2,(H,7,10)(H,8,11)(H,12,13). The van der Waals surface area contributed by atoms with Gasteiger partial charge < -0.3 is 5.11 Å². The Morgan fingerprint density at radius 1 is 1.15 bits per heavy atom. The van der Waals surface area contributed by atoms with Crippen LogP contribution >= 0.6 is 0 Å². The van der Waals surface area contributed by atoms with Crippen molar-refractivity contribution >= 4 is 17.8 Å². The van der Waals surface area contributed by atoms with Crippen molar-refractivity contribution in [3.63, 3.8) is 0 Å². The lowest BCUT2D eigenvalue weighted by atomic mass is 10.6. The maximum Gasteiger partial charge on any atom is 0.321 e. The Labute approximate surface area is 74.6 Å². The molecule has 0 aliphatic rings. The van der Waals surface area contributed by atoms with Crippen LogP contribution in [0.5, 0.6) is 0 Å². The molecule has 2 radical (unpaired) electrons. The zero-order chi connectivity index (χ0) is 10.4. The predicted octanol–water partition coefficient (Wildman–Crippen LogP) is -1.90. The second-order valence-electron chi connectivity index (χ2n) is 2.05. The number of hydrazine groups is 2. The van der Waals surface area contributed by atoms with Gasteiger partial charge in [-0.2, -0.15) is 0 Å². The molecule has 0 atom stereocenters. The highest BCUT2D eigenvalue weighted by molar-refractivity contribution is 5.82. The van der Waals surface area contributed by atoms with Crippen molar-refractivity contribution in [2.24, 2.45) is 0 Å². The highest BCUT2D eigenvalue weighted by Gasteiger charge is 2.11. The number of carbonyl (C=O) groups is 3. The molecule has 0 unspecified atom stereocenters. The second-order valence-corrected chi connectivity index (χ2v) is 2.05. The maximum atomic E-state index is 10.4. The first-order chi connectivity index (χ1) is 5.91. The molecular formula is C6H9N3O4. The third-order valence-corrected chi connectivity index (χ3v) is 0.813. The van der Waals surface area contributed by atoms with Crippen molar-refractivity contribution in [2.75, 3.05) is 6.54 Å². The van der Waals surface area contributed by atoms with Crippen LogP contribution in [0, 0.1) is 13.8 Å². The number of hydrogen-bond acceptors (Lipinski definition) is 4. The topological polar surface area (TPSA) is 98.7 Å². The minimum Gasteiger partial charge on any atom is -0.480 e. The zero-order valence-corrected chi connectivity index (χ0v) is 6.74. The van der Waals surface area contributed by atoms with E-state index < -0.39 is 24.3 Å². The highest BCUT2D eigenvalue weighted by atomic mass is 16.4. The number of nitrogens with zero attached hydrogens (tertiary/aromatic N) is 1. The molecule has 0 aliphatic heterocycles. The van der Waals surface area contributed by atoms with E-state index in [1.807, 2.05) is 10.9 Å². The second kappa shape index (κ2) is 5.09. The molecule has 0 fully saturated rings. The van der Waals surface area contributed by atoms with E-state index in [2.05, 4.69) is 13.8 Å². The SMILES string of the molecule is [CH2]C(=O)NN(CC(=O)O)NC([CH2])=O. The van der Waals surface area contributed by atoms with Crippen molar-refractivity contribution < 1.29 is 19.5 Å². The van der Waals surface area contributed by atoms with E-state index in [0.29, 0.717) is 5.12 Å². The summed E-state index contributed by atoms with van der Waals surface area (Å²) in [6.07, 6.45) is 0. The third-order valence-electron chi connectivity index (χ3n) is 0.813. The Balaban J connectivity index is 4.10. The van der Waals surface area contributed by atoms with E-state index in [9.17, 15) is 14.4 Å². The van der Waals surface area contributed by atoms with Crippen LogP contribution in [0.15, 0.2) is 0 Å². The van der Waals surface area contributed by atoms with Gasteiger partial charge in [0.2, 0.25) is 11.8 Å². The Hall–Kier alpha value is -1.63. The molecule has 0 bridgehead atoms. The van der Waals surface area contributed by atoms with E-state index in [1.165, 1.54) is 0 Å². The average molecular weight is 187 g/mol. The average Bonchev–Trinajstić information content (AvgIpc) is 1.80. The summed E-state index contributed by atoms with van der Waals surface area (Å²) in [5.74, 6) is -2.70.